The van der Waals surface area contributed by atoms with Crippen LogP contribution < -0.4 is 15.8 Å². The van der Waals surface area contributed by atoms with Crippen molar-refractivity contribution in [3.05, 3.63) is 24.3 Å². The van der Waals surface area contributed by atoms with Crippen LogP contribution in [0.25, 0.3) is 0 Å². The molecular weight excluding hydrogens is 278 g/mol. The lowest BCUT2D eigenvalue weighted by molar-refractivity contribution is -0.114. The van der Waals surface area contributed by atoms with E-state index in [9.17, 15) is 13.2 Å². The molecule has 0 spiro atoms. The Hall–Kier alpha value is -1.44. The molecule has 1 aromatic carbocycles. The van der Waals surface area contributed by atoms with Crippen LogP contribution in [0.3, 0.4) is 0 Å². The summed E-state index contributed by atoms with van der Waals surface area (Å²) in [4.78, 5) is 11.0. The zero-order valence-corrected chi connectivity index (χ0v) is 12.8. The summed E-state index contributed by atoms with van der Waals surface area (Å²) in [6.07, 6.45) is 0.590. The lowest BCUT2D eigenvalue weighted by Gasteiger charge is -2.27. The smallest absolute Gasteiger partial charge is 0.241 e. The second-order valence-electron chi connectivity index (χ2n) is 4.93. The molecule has 1 amide bonds. The molecule has 0 bridgehead atoms. The highest BCUT2D eigenvalue weighted by atomic mass is 32.2. The number of amides is 1. The van der Waals surface area contributed by atoms with E-state index in [1.807, 2.05) is 6.92 Å². The normalized spacial score (nSPS) is 14.6. The van der Waals surface area contributed by atoms with E-state index in [0.717, 1.165) is 0 Å². The molecule has 7 heteroatoms. The highest BCUT2D eigenvalue weighted by Crippen LogP contribution is 2.17. The van der Waals surface area contributed by atoms with Crippen LogP contribution in [0.2, 0.25) is 0 Å². The summed E-state index contributed by atoms with van der Waals surface area (Å²) in [6, 6.07) is 5.98. The van der Waals surface area contributed by atoms with Crippen molar-refractivity contribution >= 4 is 21.6 Å². The van der Waals surface area contributed by atoms with Crippen molar-refractivity contribution in [3.8, 4) is 0 Å². The largest absolute Gasteiger partial charge is 0.329 e. The third-order valence-corrected chi connectivity index (χ3v) is 4.75. The molecule has 0 aliphatic rings. The number of sulfonamides is 1. The summed E-state index contributed by atoms with van der Waals surface area (Å²) in [5, 5.41) is 2.58. The molecule has 0 aliphatic heterocycles. The third-order valence-electron chi connectivity index (χ3n) is 3.10. The number of nitrogens with one attached hydrogen (secondary N) is 2. The first-order chi connectivity index (χ1) is 9.22. The first-order valence-corrected chi connectivity index (χ1v) is 7.82. The molecule has 112 valence electrons. The Kier molecular flexibility index (Phi) is 5.27. The van der Waals surface area contributed by atoms with Crippen LogP contribution in [-0.2, 0) is 14.8 Å². The Balaban J connectivity index is 2.96. The SMILES string of the molecule is CCC(C)(CN)NS(=O)(=O)c1ccc(NC(C)=O)cc1. The lowest BCUT2D eigenvalue weighted by Crippen LogP contribution is -2.50. The minimum Gasteiger partial charge on any atom is -0.329 e. The van der Waals surface area contributed by atoms with Gasteiger partial charge in [-0.2, -0.15) is 0 Å². The zero-order valence-electron chi connectivity index (χ0n) is 11.9. The van der Waals surface area contributed by atoms with Crippen molar-refractivity contribution in [2.45, 2.75) is 37.6 Å². The minimum absolute atomic E-state index is 0.139. The monoisotopic (exact) mass is 299 g/mol. The second kappa shape index (κ2) is 6.34. The quantitative estimate of drug-likeness (QED) is 0.730. The van der Waals surface area contributed by atoms with Crippen molar-refractivity contribution in [1.82, 2.24) is 4.72 Å². The van der Waals surface area contributed by atoms with Gasteiger partial charge in [-0.05, 0) is 37.6 Å². The molecule has 0 fully saturated rings. The lowest BCUT2D eigenvalue weighted by atomic mass is 10.0. The summed E-state index contributed by atoms with van der Waals surface area (Å²) >= 11 is 0. The number of rotatable bonds is 6. The van der Waals surface area contributed by atoms with E-state index in [2.05, 4.69) is 10.0 Å². The molecule has 0 aromatic heterocycles. The van der Waals surface area contributed by atoms with Crippen molar-refractivity contribution in [2.24, 2.45) is 5.73 Å². The van der Waals surface area contributed by atoms with Gasteiger partial charge in [0, 0.05) is 24.7 Å². The number of hydrogen-bond acceptors (Lipinski definition) is 4. The topological polar surface area (TPSA) is 101 Å². The van der Waals surface area contributed by atoms with E-state index in [1.165, 1.54) is 19.1 Å². The van der Waals surface area contributed by atoms with Crippen LogP contribution >= 0.6 is 0 Å². The minimum atomic E-state index is -3.63. The first-order valence-electron chi connectivity index (χ1n) is 6.34. The predicted molar refractivity (Wildman–Crippen MR) is 78.8 cm³/mol. The fourth-order valence-electron chi connectivity index (χ4n) is 1.56. The van der Waals surface area contributed by atoms with Gasteiger partial charge < -0.3 is 11.1 Å². The van der Waals surface area contributed by atoms with Crippen LogP contribution in [0.1, 0.15) is 27.2 Å². The van der Waals surface area contributed by atoms with Gasteiger partial charge >= 0.3 is 0 Å². The van der Waals surface area contributed by atoms with Crippen molar-refractivity contribution in [1.29, 1.82) is 0 Å². The molecule has 1 aromatic rings. The molecule has 0 aliphatic carbocycles. The van der Waals surface area contributed by atoms with Gasteiger partial charge in [0.25, 0.3) is 0 Å². The summed E-state index contributed by atoms with van der Waals surface area (Å²) in [7, 11) is -3.63. The maximum absolute atomic E-state index is 12.2. The van der Waals surface area contributed by atoms with E-state index < -0.39 is 15.6 Å². The molecule has 4 N–H and O–H groups in total. The average Bonchev–Trinajstić information content (AvgIpc) is 2.38. The fraction of sp³-hybridized carbons (Fsp3) is 0.462. The number of anilines is 1. The number of benzene rings is 1. The Morgan fingerprint density at radius 1 is 1.30 bits per heavy atom. The van der Waals surface area contributed by atoms with Crippen LogP contribution in [0.15, 0.2) is 29.2 Å². The van der Waals surface area contributed by atoms with E-state index in [4.69, 9.17) is 5.73 Å². The van der Waals surface area contributed by atoms with E-state index in [-0.39, 0.29) is 17.3 Å². The maximum atomic E-state index is 12.2. The molecule has 0 saturated carbocycles. The molecule has 1 rings (SSSR count). The Morgan fingerprint density at radius 3 is 2.25 bits per heavy atom. The van der Waals surface area contributed by atoms with E-state index >= 15 is 0 Å². The van der Waals surface area contributed by atoms with Gasteiger partial charge in [0.1, 0.15) is 0 Å². The van der Waals surface area contributed by atoms with Gasteiger partial charge in [-0.3, -0.25) is 4.79 Å². The number of hydrogen-bond donors (Lipinski definition) is 3. The van der Waals surface area contributed by atoms with Crippen LogP contribution in [0, 0.1) is 0 Å². The fourth-order valence-corrected chi connectivity index (χ4v) is 3.05. The summed E-state index contributed by atoms with van der Waals surface area (Å²) in [5.74, 6) is -0.208. The molecule has 1 unspecified atom stereocenters. The van der Waals surface area contributed by atoms with Gasteiger partial charge in [0.15, 0.2) is 0 Å². The number of carbonyl (C=O) groups is 1. The van der Waals surface area contributed by atoms with Crippen LogP contribution in [-0.4, -0.2) is 26.4 Å². The van der Waals surface area contributed by atoms with Crippen molar-refractivity contribution in [3.63, 3.8) is 0 Å². The van der Waals surface area contributed by atoms with Gasteiger partial charge in [-0.25, -0.2) is 13.1 Å². The summed E-state index contributed by atoms with van der Waals surface area (Å²) < 4.78 is 27.1. The standard InChI is InChI=1S/C13H21N3O3S/c1-4-13(3,9-14)16-20(18,19)12-7-5-11(6-8-12)15-10(2)17/h5-8,16H,4,9,14H2,1-3H3,(H,15,17). The maximum Gasteiger partial charge on any atom is 0.241 e. The zero-order chi connectivity index (χ0) is 15.4. The summed E-state index contributed by atoms with van der Waals surface area (Å²) in [6.45, 7) is 5.23. The van der Waals surface area contributed by atoms with Gasteiger partial charge in [-0.1, -0.05) is 6.92 Å². The molecular formula is C13H21N3O3S. The number of nitrogens with two attached hydrogens (primary N) is 1. The Labute approximate surface area is 119 Å². The molecule has 6 nitrogen and oxygen atoms in total. The first kappa shape index (κ1) is 16.6. The highest BCUT2D eigenvalue weighted by molar-refractivity contribution is 7.89. The van der Waals surface area contributed by atoms with Gasteiger partial charge in [-0.15, -0.1) is 0 Å². The van der Waals surface area contributed by atoms with Crippen molar-refractivity contribution < 1.29 is 13.2 Å². The molecule has 1 atom stereocenters. The molecule has 0 saturated heterocycles. The molecule has 0 radical (unpaired) electrons. The number of carbonyl (C=O) groups excluding carboxylic acids is 1. The highest BCUT2D eigenvalue weighted by Gasteiger charge is 2.27. The van der Waals surface area contributed by atoms with Gasteiger partial charge in [0.2, 0.25) is 15.9 Å². The average molecular weight is 299 g/mol. The third kappa shape index (κ3) is 4.29. The summed E-state index contributed by atoms with van der Waals surface area (Å²) in [5.41, 5.74) is 5.49. The Bertz CT molecular complexity index is 563. The second-order valence-corrected chi connectivity index (χ2v) is 6.61. The Morgan fingerprint density at radius 2 is 1.85 bits per heavy atom. The predicted octanol–water partition coefficient (Wildman–Crippen LogP) is 1.05. The van der Waals surface area contributed by atoms with Crippen LogP contribution in [0.4, 0.5) is 5.69 Å². The molecule has 20 heavy (non-hydrogen) atoms. The van der Waals surface area contributed by atoms with E-state index in [0.29, 0.717) is 12.1 Å². The van der Waals surface area contributed by atoms with E-state index in [1.54, 1.807) is 19.1 Å². The van der Waals surface area contributed by atoms with Crippen LogP contribution in [0.5, 0.6) is 0 Å². The van der Waals surface area contributed by atoms with Crippen molar-refractivity contribution in [2.75, 3.05) is 11.9 Å². The molecule has 0 heterocycles. The van der Waals surface area contributed by atoms with Gasteiger partial charge in [0.05, 0.1) is 4.90 Å².